The van der Waals surface area contributed by atoms with E-state index in [2.05, 4.69) is 21.2 Å². The average Bonchev–Trinajstić information content (AvgIpc) is 2.27. The predicted molar refractivity (Wildman–Crippen MR) is 74.5 cm³/mol. The summed E-state index contributed by atoms with van der Waals surface area (Å²) in [5, 5.41) is 2.89. The van der Waals surface area contributed by atoms with E-state index in [1.165, 1.54) is 0 Å². The van der Waals surface area contributed by atoms with E-state index in [0.717, 1.165) is 0 Å². The van der Waals surface area contributed by atoms with Crippen molar-refractivity contribution >= 4 is 21.8 Å². The van der Waals surface area contributed by atoms with Gasteiger partial charge in [-0.3, -0.25) is 4.79 Å². The van der Waals surface area contributed by atoms with Crippen molar-refractivity contribution in [3.63, 3.8) is 0 Å². The Morgan fingerprint density at radius 2 is 1.61 bits per heavy atom. The minimum absolute atomic E-state index is 0.161. The molecular formula is C13H18BrNO3. The maximum atomic E-state index is 12.1. The molecule has 100 valence electrons. The molecule has 5 heteroatoms. The zero-order valence-corrected chi connectivity index (χ0v) is 12.8. The number of nitrogens with one attached hydrogen (secondary N) is 1. The van der Waals surface area contributed by atoms with Gasteiger partial charge in [0.25, 0.3) is 5.91 Å². The van der Waals surface area contributed by atoms with E-state index in [1.807, 2.05) is 20.8 Å². The third kappa shape index (κ3) is 3.63. The topological polar surface area (TPSA) is 47.6 Å². The van der Waals surface area contributed by atoms with Crippen molar-refractivity contribution in [2.75, 3.05) is 14.2 Å². The second kappa shape index (κ2) is 5.61. The van der Waals surface area contributed by atoms with Gasteiger partial charge in [-0.1, -0.05) is 0 Å². The van der Waals surface area contributed by atoms with Crippen LogP contribution < -0.4 is 14.8 Å². The molecule has 0 aromatic heterocycles. The van der Waals surface area contributed by atoms with Gasteiger partial charge in [-0.05, 0) is 48.8 Å². The summed E-state index contributed by atoms with van der Waals surface area (Å²) in [6.07, 6.45) is 0. The summed E-state index contributed by atoms with van der Waals surface area (Å²) in [6, 6.07) is 3.35. The molecule has 1 N–H and O–H groups in total. The number of benzene rings is 1. The zero-order valence-electron chi connectivity index (χ0n) is 11.3. The van der Waals surface area contributed by atoms with Crippen molar-refractivity contribution in [2.24, 2.45) is 0 Å². The molecular weight excluding hydrogens is 298 g/mol. The standard InChI is InChI=1S/C13H18BrNO3/c1-13(2,3)15-12(16)8-6-9(17-4)11(14)10(7-8)18-5/h6-7H,1-5H3,(H,15,16). The summed E-state index contributed by atoms with van der Waals surface area (Å²) in [5.41, 5.74) is 0.215. The first kappa shape index (κ1) is 14.8. The summed E-state index contributed by atoms with van der Waals surface area (Å²) in [5.74, 6) is 0.966. The highest BCUT2D eigenvalue weighted by Gasteiger charge is 2.18. The fourth-order valence-electron chi connectivity index (χ4n) is 1.41. The van der Waals surface area contributed by atoms with Crippen LogP contribution >= 0.6 is 15.9 Å². The van der Waals surface area contributed by atoms with Gasteiger partial charge in [0.05, 0.1) is 14.2 Å². The lowest BCUT2D eigenvalue weighted by Crippen LogP contribution is -2.40. The molecule has 0 atom stereocenters. The monoisotopic (exact) mass is 315 g/mol. The van der Waals surface area contributed by atoms with Crippen LogP contribution in [-0.2, 0) is 0 Å². The maximum absolute atomic E-state index is 12.1. The van der Waals surface area contributed by atoms with Gasteiger partial charge in [0.1, 0.15) is 16.0 Å². The first-order chi connectivity index (χ1) is 8.28. The molecule has 0 unspecified atom stereocenters. The molecule has 0 bridgehead atoms. The Balaban J connectivity index is 3.14. The van der Waals surface area contributed by atoms with Gasteiger partial charge in [-0.15, -0.1) is 0 Å². The van der Waals surface area contributed by atoms with Gasteiger partial charge in [0, 0.05) is 11.1 Å². The molecule has 4 nitrogen and oxygen atoms in total. The predicted octanol–water partition coefficient (Wildman–Crippen LogP) is 2.99. The highest BCUT2D eigenvalue weighted by atomic mass is 79.9. The van der Waals surface area contributed by atoms with Crippen LogP contribution in [0.1, 0.15) is 31.1 Å². The average molecular weight is 316 g/mol. The lowest BCUT2D eigenvalue weighted by atomic mass is 10.1. The summed E-state index contributed by atoms with van der Waals surface area (Å²) in [4.78, 5) is 12.1. The summed E-state index contributed by atoms with van der Waals surface area (Å²) >= 11 is 3.36. The van der Waals surface area contributed by atoms with E-state index in [4.69, 9.17) is 9.47 Å². The van der Waals surface area contributed by atoms with Crippen molar-refractivity contribution in [3.05, 3.63) is 22.2 Å². The fourth-order valence-corrected chi connectivity index (χ4v) is 1.97. The Hall–Kier alpha value is -1.23. The Morgan fingerprint density at radius 3 is 1.94 bits per heavy atom. The van der Waals surface area contributed by atoms with Gasteiger partial charge < -0.3 is 14.8 Å². The molecule has 0 saturated carbocycles. The number of ether oxygens (including phenoxy) is 2. The quantitative estimate of drug-likeness (QED) is 0.932. The van der Waals surface area contributed by atoms with Crippen molar-refractivity contribution in [3.8, 4) is 11.5 Å². The Labute approximate surface area is 116 Å². The molecule has 1 rings (SSSR count). The van der Waals surface area contributed by atoms with Gasteiger partial charge >= 0.3 is 0 Å². The van der Waals surface area contributed by atoms with Gasteiger partial charge in [-0.25, -0.2) is 0 Å². The molecule has 0 radical (unpaired) electrons. The van der Waals surface area contributed by atoms with Gasteiger partial charge in [-0.2, -0.15) is 0 Å². The third-order valence-corrected chi connectivity index (χ3v) is 2.98. The molecule has 1 amide bonds. The van der Waals surface area contributed by atoms with Crippen molar-refractivity contribution in [1.29, 1.82) is 0 Å². The second-order valence-corrected chi connectivity index (χ2v) is 5.69. The van der Waals surface area contributed by atoms with Gasteiger partial charge in [0.2, 0.25) is 0 Å². The number of halogens is 1. The molecule has 0 spiro atoms. The summed E-state index contributed by atoms with van der Waals surface area (Å²) in [7, 11) is 3.09. The number of methoxy groups -OCH3 is 2. The number of rotatable bonds is 3. The van der Waals surface area contributed by atoms with E-state index in [-0.39, 0.29) is 11.4 Å². The fraction of sp³-hybridized carbons (Fsp3) is 0.462. The van der Waals surface area contributed by atoms with E-state index in [9.17, 15) is 4.79 Å². The van der Waals surface area contributed by atoms with Crippen molar-refractivity contribution in [2.45, 2.75) is 26.3 Å². The van der Waals surface area contributed by atoms with Crippen LogP contribution in [0.3, 0.4) is 0 Å². The highest BCUT2D eigenvalue weighted by Crippen LogP contribution is 2.35. The molecule has 0 saturated heterocycles. The van der Waals surface area contributed by atoms with E-state index in [0.29, 0.717) is 21.5 Å². The van der Waals surface area contributed by atoms with Crippen LogP contribution in [0.4, 0.5) is 0 Å². The highest BCUT2D eigenvalue weighted by molar-refractivity contribution is 9.10. The number of carbonyl (C=O) groups excluding carboxylic acids is 1. The largest absolute Gasteiger partial charge is 0.495 e. The Morgan fingerprint density at radius 1 is 1.17 bits per heavy atom. The molecule has 0 heterocycles. The van der Waals surface area contributed by atoms with Gasteiger partial charge in [0.15, 0.2) is 0 Å². The Kier molecular flexibility index (Phi) is 4.62. The Bertz CT molecular complexity index is 427. The van der Waals surface area contributed by atoms with Crippen LogP contribution in [0.25, 0.3) is 0 Å². The van der Waals surface area contributed by atoms with Crippen LogP contribution in [0.15, 0.2) is 16.6 Å². The third-order valence-electron chi connectivity index (χ3n) is 2.20. The second-order valence-electron chi connectivity index (χ2n) is 4.90. The molecule has 18 heavy (non-hydrogen) atoms. The maximum Gasteiger partial charge on any atom is 0.251 e. The van der Waals surface area contributed by atoms with E-state index >= 15 is 0 Å². The van der Waals surface area contributed by atoms with Crippen LogP contribution in [0.2, 0.25) is 0 Å². The van der Waals surface area contributed by atoms with E-state index < -0.39 is 0 Å². The minimum atomic E-state index is -0.287. The smallest absolute Gasteiger partial charge is 0.251 e. The minimum Gasteiger partial charge on any atom is -0.495 e. The molecule has 0 aliphatic rings. The molecule has 0 aliphatic heterocycles. The van der Waals surface area contributed by atoms with Crippen LogP contribution in [0.5, 0.6) is 11.5 Å². The number of hydrogen-bond acceptors (Lipinski definition) is 3. The van der Waals surface area contributed by atoms with Crippen LogP contribution in [-0.4, -0.2) is 25.7 Å². The van der Waals surface area contributed by atoms with E-state index in [1.54, 1.807) is 26.4 Å². The first-order valence-electron chi connectivity index (χ1n) is 5.52. The normalized spacial score (nSPS) is 11.0. The number of carbonyl (C=O) groups is 1. The van der Waals surface area contributed by atoms with Crippen molar-refractivity contribution in [1.82, 2.24) is 5.32 Å². The number of amides is 1. The summed E-state index contributed by atoms with van der Waals surface area (Å²) < 4.78 is 11.1. The van der Waals surface area contributed by atoms with Crippen molar-refractivity contribution < 1.29 is 14.3 Å². The molecule has 1 aromatic carbocycles. The first-order valence-corrected chi connectivity index (χ1v) is 6.32. The summed E-state index contributed by atoms with van der Waals surface area (Å²) in [6.45, 7) is 5.79. The zero-order chi connectivity index (χ0) is 13.9. The van der Waals surface area contributed by atoms with Crippen LogP contribution in [0, 0.1) is 0 Å². The molecule has 1 aromatic rings. The lowest BCUT2D eigenvalue weighted by molar-refractivity contribution is 0.0919. The molecule has 0 fully saturated rings. The number of hydrogen-bond donors (Lipinski definition) is 1. The SMILES string of the molecule is COc1cc(C(=O)NC(C)(C)C)cc(OC)c1Br. The lowest BCUT2D eigenvalue weighted by Gasteiger charge is -2.21. The molecule has 0 aliphatic carbocycles.